The Bertz CT molecular complexity index is 840. The van der Waals surface area contributed by atoms with E-state index in [1.165, 1.54) is 12.1 Å². The van der Waals surface area contributed by atoms with Crippen molar-refractivity contribution in [2.75, 3.05) is 18.5 Å². The molecule has 0 fully saturated rings. The van der Waals surface area contributed by atoms with Crippen molar-refractivity contribution in [1.29, 1.82) is 0 Å². The van der Waals surface area contributed by atoms with Crippen molar-refractivity contribution in [3.63, 3.8) is 0 Å². The molecule has 0 radical (unpaired) electrons. The maximum absolute atomic E-state index is 13.5. The van der Waals surface area contributed by atoms with Crippen molar-refractivity contribution in [2.24, 2.45) is 0 Å². The summed E-state index contributed by atoms with van der Waals surface area (Å²) in [5.74, 6) is -3.79. The molecule has 0 heterocycles. The van der Waals surface area contributed by atoms with E-state index in [0.29, 0.717) is 11.8 Å². The summed E-state index contributed by atoms with van der Waals surface area (Å²) >= 11 is 0. The third kappa shape index (κ3) is 5.10. The average Bonchev–Trinajstić information content (AvgIpc) is 2.60. The molecule has 8 heteroatoms. The highest BCUT2D eigenvalue weighted by molar-refractivity contribution is 6.00. The van der Waals surface area contributed by atoms with Gasteiger partial charge in [-0.25, -0.2) is 13.6 Å². The second-order valence-electron chi connectivity index (χ2n) is 5.16. The molecule has 26 heavy (non-hydrogen) atoms. The van der Waals surface area contributed by atoms with Gasteiger partial charge in [-0.3, -0.25) is 9.59 Å². The van der Waals surface area contributed by atoms with E-state index in [1.807, 2.05) is 0 Å². The van der Waals surface area contributed by atoms with Crippen LogP contribution in [0.1, 0.15) is 27.6 Å². The zero-order valence-electron chi connectivity index (χ0n) is 13.8. The zero-order chi connectivity index (χ0) is 19.1. The molecule has 0 bridgehead atoms. The highest BCUT2D eigenvalue weighted by atomic mass is 19.1. The van der Waals surface area contributed by atoms with E-state index in [2.05, 4.69) is 10.6 Å². The van der Waals surface area contributed by atoms with Gasteiger partial charge in [-0.2, -0.15) is 0 Å². The number of benzene rings is 2. The second-order valence-corrected chi connectivity index (χ2v) is 5.16. The minimum Gasteiger partial charge on any atom is -0.462 e. The fourth-order valence-corrected chi connectivity index (χ4v) is 2.07. The van der Waals surface area contributed by atoms with Crippen molar-refractivity contribution >= 4 is 23.5 Å². The predicted octanol–water partition coefficient (Wildman–Crippen LogP) is 2.51. The molecule has 0 unspecified atom stereocenters. The summed E-state index contributed by atoms with van der Waals surface area (Å²) < 4.78 is 31.2. The molecule has 6 nitrogen and oxygen atoms in total. The lowest BCUT2D eigenvalue weighted by molar-refractivity contribution is -0.115. The van der Waals surface area contributed by atoms with Crippen LogP contribution in [0, 0.1) is 11.6 Å². The van der Waals surface area contributed by atoms with Crippen molar-refractivity contribution in [3.8, 4) is 0 Å². The van der Waals surface area contributed by atoms with Gasteiger partial charge in [0, 0.05) is 11.8 Å². The number of hydrogen-bond acceptors (Lipinski definition) is 4. The quantitative estimate of drug-likeness (QED) is 0.774. The standard InChI is InChI=1S/C18H16F2N2O4/c1-2-26-18(25)11-4-3-5-13(8-11)22-16(23)10-21-17(24)14-7-6-12(19)9-15(14)20/h3-9H,2,10H2,1H3,(H,21,24)(H,22,23). The Kier molecular flexibility index (Phi) is 6.37. The molecule has 0 aliphatic heterocycles. The maximum atomic E-state index is 13.5. The summed E-state index contributed by atoms with van der Waals surface area (Å²) in [6, 6.07) is 8.59. The molecule has 0 saturated carbocycles. The van der Waals surface area contributed by atoms with Gasteiger partial charge in [0.25, 0.3) is 5.91 Å². The van der Waals surface area contributed by atoms with Crippen molar-refractivity contribution in [1.82, 2.24) is 5.32 Å². The van der Waals surface area contributed by atoms with Gasteiger partial charge in [-0.05, 0) is 37.3 Å². The number of nitrogens with one attached hydrogen (secondary N) is 2. The Hall–Kier alpha value is -3.29. The zero-order valence-corrected chi connectivity index (χ0v) is 13.8. The van der Waals surface area contributed by atoms with E-state index >= 15 is 0 Å². The summed E-state index contributed by atoms with van der Waals surface area (Å²) in [5, 5.41) is 4.73. The lowest BCUT2D eigenvalue weighted by Gasteiger charge is -2.09. The number of amides is 2. The first kappa shape index (κ1) is 19.0. The van der Waals surface area contributed by atoms with Crippen molar-refractivity contribution in [2.45, 2.75) is 6.92 Å². The molecule has 2 rings (SSSR count). The number of halogens is 2. The Morgan fingerprint density at radius 2 is 1.85 bits per heavy atom. The smallest absolute Gasteiger partial charge is 0.338 e. The molecular weight excluding hydrogens is 346 g/mol. The second kappa shape index (κ2) is 8.70. The van der Waals surface area contributed by atoms with Gasteiger partial charge < -0.3 is 15.4 Å². The van der Waals surface area contributed by atoms with Crippen LogP contribution in [0.4, 0.5) is 14.5 Å². The van der Waals surface area contributed by atoms with Gasteiger partial charge in [-0.1, -0.05) is 6.07 Å². The monoisotopic (exact) mass is 362 g/mol. The van der Waals surface area contributed by atoms with Crippen LogP contribution >= 0.6 is 0 Å². The fraction of sp³-hybridized carbons (Fsp3) is 0.167. The van der Waals surface area contributed by atoms with Gasteiger partial charge in [0.1, 0.15) is 11.6 Å². The average molecular weight is 362 g/mol. The van der Waals surface area contributed by atoms with Crippen LogP contribution in [0.5, 0.6) is 0 Å². The fourth-order valence-electron chi connectivity index (χ4n) is 2.07. The number of ether oxygens (including phenoxy) is 1. The van der Waals surface area contributed by atoms with E-state index in [4.69, 9.17) is 4.74 Å². The lowest BCUT2D eigenvalue weighted by Crippen LogP contribution is -2.33. The molecular formula is C18H16F2N2O4. The molecule has 2 amide bonds. The van der Waals surface area contributed by atoms with E-state index in [-0.39, 0.29) is 17.7 Å². The Balaban J connectivity index is 1.93. The van der Waals surface area contributed by atoms with Crippen LogP contribution in [0.25, 0.3) is 0 Å². The third-order valence-corrected chi connectivity index (χ3v) is 3.24. The summed E-state index contributed by atoms with van der Waals surface area (Å²) in [7, 11) is 0. The summed E-state index contributed by atoms with van der Waals surface area (Å²) in [6.07, 6.45) is 0. The van der Waals surface area contributed by atoms with Gasteiger partial charge >= 0.3 is 5.97 Å². The number of esters is 1. The summed E-state index contributed by atoms with van der Waals surface area (Å²) in [5.41, 5.74) is 0.230. The molecule has 0 saturated heterocycles. The van der Waals surface area contributed by atoms with Crippen LogP contribution < -0.4 is 10.6 Å². The number of carbonyl (C=O) groups is 3. The molecule has 0 atom stereocenters. The summed E-state index contributed by atoms with van der Waals surface area (Å²) in [6.45, 7) is 1.47. The minimum atomic E-state index is -1.02. The Labute approximate surface area is 148 Å². The van der Waals surface area contributed by atoms with Gasteiger partial charge in [-0.15, -0.1) is 0 Å². The molecule has 0 aliphatic carbocycles. The number of anilines is 1. The Morgan fingerprint density at radius 3 is 2.54 bits per heavy atom. The van der Waals surface area contributed by atoms with Gasteiger partial charge in [0.2, 0.25) is 5.91 Å². The van der Waals surface area contributed by atoms with Gasteiger partial charge in [0.15, 0.2) is 0 Å². The van der Waals surface area contributed by atoms with Crippen LogP contribution in [0.3, 0.4) is 0 Å². The minimum absolute atomic E-state index is 0.224. The highest BCUT2D eigenvalue weighted by Crippen LogP contribution is 2.12. The lowest BCUT2D eigenvalue weighted by atomic mass is 10.2. The molecule has 2 aromatic rings. The topological polar surface area (TPSA) is 84.5 Å². The van der Waals surface area contributed by atoms with Crippen molar-refractivity contribution in [3.05, 3.63) is 65.2 Å². The summed E-state index contributed by atoms with van der Waals surface area (Å²) in [4.78, 5) is 35.4. The highest BCUT2D eigenvalue weighted by Gasteiger charge is 2.14. The SMILES string of the molecule is CCOC(=O)c1cccc(NC(=O)CNC(=O)c2ccc(F)cc2F)c1. The number of rotatable bonds is 6. The normalized spacial score (nSPS) is 10.1. The van der Waals surface area contributed by atoms with E-state index in [9.17, 15) is 23.2 Å². The van der Waals surface area contributed by atoms with Crippen LogP contribution in [0.2, 0.25) is 0 Å². The molecule has 0 aromatic heterocycles. The van der Waals surface area contributed by atoms with Crippen LogP contribution in [0.15, 0.2) is 42.5 Å². The first-order valence-corrected chi connectivity index (χ1v) is 7.71. The van der Waals surface area contributed by atoms with Crippen LogP contribution in [-0.2, 0) is 9.53 Å². The first-order valence-electron chi connectivity index (χ1n) is 7.71. The number of carbonyl (C=O) groups excluding carboxylic acids is 3. The van der Waals surface area contributed by atoms with E-state index in [0.717, 1.165) is 12.1 Å². The molecule has 2 aromatic carbocycles. The predicted molar refractivity (Wildman–Crippen MR) is 89.7 cm³/mol. The number of hydrogen-bond donors (Lipinski definition) is 2. The van der Waals surface area contributed by atoms with E-state index < -0.39 is 36.0 Å². The third-order valence-electron chi connectivity index (χ3n) is 3.24. The molecule has 0 aliphatic rings. The van der Waals surface area contributed by atoms with Gasteiger partial charge in [0.05, 0.1) is 24.3 Å². The Morgan fingerprint density at radius 1 is 1.08 bits per heavy atom. The van der Waals surface area contributed by atoms with Crippen molar-refractivity contribution < 1.29 is 27.9 Å². The molecule has 2 N–H and O–H groups in total. The molecule has 136 valence electrons. The first-order chi connectivity index (χ1) is 12.4. The maximum Gasteiger partial charge on any atom is 0.338 e. The van der Waals surface area contributed by atoms with Crippen LogP contribution in [-0.4, -0.2) is 30.9 Å². The van der Waals surface area contributed by atoms with E-state index in [1.54, 1.807) is 19.1 Å². The largest absolute Gasteiger partial charge is 0.462 e. The molecule has 0 spiro atoms.